The van der Waals surface area contributed by atoms with E-state index in [0.29, 0.717) is 35.8 Å². The van der Waals surface area contributed by atoms with Gasteiger partial charge in [-0.15, -0.1) is 11.8 Å². The van der Waals surface area contributed by atoms with Crippen LogP contribution in [0.15, 0.2) is 46.6 Å². The van der Waals surface area contributed by atoms with E-state index >= 15 is 0 Å². The molecular formula is C15H18O2S. The largest absolute Gasteiger partial charge is 0.512 e. The van der Waals surface area contributed by atoms with Crippen molar-refractivity contribution in [3.8, 4) is 0 Å². The summed E-state index contributed by atoms with van der Waals surface area (Å²) < 4.78 is 0. The van der Waals surface area contributed by atoms with Crippen LogP contribution in [0.5, 0.6) is 0 Å². The second kappa shape index (κ2) is 6.10. The number of benzene rings is 1. The lowest BCUT2D eigenvalue weighted by Crippen LogP contribution is -2.14. The lowest BCUT2D eigenvalue weighted by atomic mass is 9.93. The topological polar surface area (TPSA) is 37.3 Å². The highest BCUT2D eigenvalue weighted by Crippen LogP contribution is 2.30. The molecule has 0 saturated heterocycles. The van der Waals surface area contributed by atoms with E-state index in [1.165, 1.54) is 4.90 Å². The number of ketones is 1. The molecule has 1 aromatic carbocycles. The molecule has 0 aromatic heterocycles. The first-order valence-corrected chi connectivity index (χ1v) is 7.20. The number of carbonyl (C=O) groups is 1. The Labute approximate surface area is 112 Å². The Morgan fingerprint density at radius 1 is 1.28 bits per heavy atom. The standard InChI is InChI=1S/C15H18O2S/c1-11(18-12-6-3-2-4-7-12)10-13-14(16)8-5-9-15(13)17/h2-4,6-7,11,16H,5,8-10H2,1H3. The van der Waals surface area contributed by atoms with Crippen LogP contribution in [0.3, 0.4) is 0 Å². The number of rotatable bonds is 4. The normalized spacial score (nSPS) is 17.9. The third kappa shape index (κ3) is 3.39. The molecule has 0 radical (unpaired) electrons. The molecule has 0 aliphatic heterocycles. The number of Topliss-reactive ketones (excluding diaryl/α,β-unsaturated/α-hetero) is 1. The molecule has 1 unspecified atom stereocenters. The number of thioether (sulfide) groups is 1. The number of carbonyl (C=O) groups excluding carboxylic acids is 1. The molecule has 1 N–H and O–H groups in total. The van der Waals surface area contributed by atoms with Gasteiger partial charge in [0.05, 0.1) is 5.76 Å². The molecule has 0 spiro atoms. The molecule has 0 bridgehead atoms. The van der Waals surface area contributed by atoms with Crippen molar-refractivity contribution in [2.75, 3.05) is 0 Å². The Morgan fingerprint density at radius 3 is 2.67 bits per heavy atom. The van der Waals surface area contributed by atoms with Gasteiger partial charge in [0.2, 0.25) is 0 Å². The zero-order chi connectivity index (χ0) is 13.0. The molecule has 18 heavy (non-hydrogen) atoms. The Bertz CT molecular complexity index is 451. The smallest absolute Gasteiger partial charge is 0.162 e. The van der Waals surface area contributed by atoms with E-state index < -0.39 is 0 Å². The number of aliphatic hydroxyl groups excluding tert-OH is 1. The Morgan fingerprint density at radius 2 is 2.00 bits per heavy atom. The van der Waals surface area contributed by atoms with Crippen molar-refractivity contribution in [1.29, 1.82) is 0 Å². The van der Waals surface area contributed by atoms with Crippen molar-refractivity contribution in [1.82, 2.24) is 0 Å². The van der Waals surface area contributed by atoms with Gasteiger partial charge >= 0.3 is 0 Å². The lowest BCUT2D eigenvalue weighted by molar-refractivity contribution is -0.116. The average molecular weight is 262 g/mol. The second-order valence-corrected chi connectivity index (χ2v) is 6.16. The maximum Gasteiger partial charge on any atom is 0.162 e. The summed E-state index contributed by atoms with van der Waals surface area (Å²) in [4.78, 5) is 13.0. The molecular weight excluding hydrogens is 244 g/mol. The first-order valence-electron chi connectivity index (χ1n) is 6.32. The lowest BCUT2D eigenvalue weighted by Gasteiger charge is -2.18. The number of allylic oxidation sites excluding steroid dienone is 2. The predicted molar refractivity (Wildman–Crippen MR) is 74.9 cm³/mol. The SMILES string of the molecule is CC(CC1=C(O)CCCC1=O)Sc1ccccc1. The molecule has 1 aliphatic carbocycles. The van der Waals surface area contributed by atoms with Crippen LogP contribution < -0.4 is 0 Å². The van der Waals surface area contributed by atoms with E-state index in [4.69, 9.17) is 0 Å². The van der Waals surface area contributed by atoms with E-state index in [2.05, 4.69) is 19.1 Å². The van der Waals surface area contributed by atoms with Crippen LogP contribution in [-0.4, -0.2) is 16.1 Å². The molecule has 2 rings (SSSR count). The molecule has 2 nitrogen and oxygen atoms in total. The van der Waals surface area contributed by atoms with Gasteiger partial charge in [-0.2, -0.15) is 0 Å². The van der Waals surface area contributed by atoms with E-state index in [1.807, 2.05) is 18.2 Å². The van der Waals surface area contributed by atoms with Crippen LogP contribution in [0.1, 0.15) is 32.6 Å². The molecule has 0 heterocycles. The van der Waals surface area contributed by atoms with Crippen molar-refractivity contribution < 1.29 is 9.90 Å². The van der Waals surface area contributed by atoms with Crippen LogP contribution in [-0.2, 0) is 4.79 Å². The summed E-state index contributed by atoms with van der Waals surface area (Å²) in [5.41, 5.74) is 0.650. The number of hydrogen-bond acceptors (Lipinski definition) is 3. The Hall–Kier alpha value is -1.22. The summed E-state index contributed by atoms with van der Waals surface area (Å²) >= 11 is 1.74. The second-order valence-electron chi connectivity index (χ2n) is 4.65. The molecule has 1 aliphatic rings. The maximum atomic E-state index is 11.8. The molecule has 1 atom stereocenters. The van der Waals surface area contributed by atoms with Gasteiger partial charge in [0.1, 0.15) is 0 Å². The minimum absolute atomic E-state index is 0.124. The van der Waals surface area contributed by atoms with Gasteiger partial charge in [0.25, 0.3) is 0 Å². The zero-order valence-electron chi connectivity index (χ0n) is 10.6. The van der Waals surface area contributed by atoms with Gasteiger partial charge < -0.3 is 5.11 Å². The Balaban J connectivity index is 1.99. The van der Waals surface area contributed by atoms with Gasteiger partial charge in [0, 0.05) is 28.6 Å². The molecule has 0 amide bonds. The summed E-state index contributed by atoms with van der Waals surface area (Å²) in [5.74, 6) is 0.436. The van der Waals surface area contributed by atoms with Crippen molar-refractivity contribution in [2.24, 2.45) is 0 Å². The minimum atomic E-state index is 0.124. The third-order valence-electron chi connectivity index (χ3n) is 3.07. The molecule has 0 fully saturated rings. The number of aliphatic hydroxyl groups is 1. The van der Waals surface area contributed by atoms with Gasteiger partial charge in [-0.1, -0.05) is 25.1 Å². The minimum Gasteiger partial charge on any atom is -0.512 e. The van der Waals surface area contributed by atoms with E-state index in [1.54, 1.807) is 11.8 Å². The van der Waals surface area contributed by atoms with Crippen LogP contribution in [0, 0.1) is 0 Å². The van der Waals surface area contributed by atoms with Crippen LogP contribution in [0.4, 0.5) is 0 Å². The Kier molecular flexibility index (Phi) is 4.48. The maximum absolute atomic E-state index is 11.8. The van der Waals surface area contributed by atoms with Crippen LogP contribution in [0.2, 0.25) is 0 Å². The van der Waals surface area contributed by atoms with E-state index in [0.717, 1.165) is 6.42 Å². The molecule has 0 saturated carbocycles. The quantitative estimate of drug-likeness (QED) is 0.829. The van der Waals surface area contributed by atoms with Crippen molar-refractivity contribution in [3.63, 3.8) is 0 Å². The summed E-state index contributed by atoms with van der Waals surface area (Å²) in [7, 11) is 0. The van der Waals surface area contributed by atoms with E-state index in [9.17, 15) is 9.90 Å². The van der Waals surface area contributed by atoms with Gasteiger partial charge in [-0.25, -0.2) is 0 Å². The zero-order valence-corrected chi connectivity index (χ0v) is 11.4. The highest BCUT2D eigenvalue weighted by molar-refractivity contribution is 8.00. The van der Waals surface area contributed by atoms with Crippen molar-refractivity contribution in [2.45, 2.75) is 42.8 Å². The van der Waals surface area contributed by atoms with Crippen LogP contribution >= 0.6 is 11.8 Å². The van der Waals surface area contributed by atoms with Gasteiger partial charge in [-0.3, -0.25) is 4.79 Å². The van der Waals surface area contributed by atoms with Crippen molar-refractivity contribution in [3.05, 3.63) is 41.7 Å². The van der Waals surface area contributed by atoms with Gasteiger partial charge in [0.15, 0.2) is 5.78 Å². The summed E-state index contributed by atoms with van der Waals surface area (Å²) in [6, 6.07) is 10.2. The first-order chi connectivity index (χ1) is 8.66. The molecule has 1 aromatic rings. The monoisotopic (exact) mass is 262 g/mol. The highest BCUT2D eigenvalue weighted by atomic mass is 32.2. The van der Waals surface area contributed by atoms with Crippen LogP contribution in [0.25, 0.3) is 0 Å². The van der Waals surface area contributed by atoms with Crippen molar-refractivity contribution >= 4 is 17.5 Å². The summed E-state index contributed by atoms with van der Waals surface area (Å²) in [5, 5.41) is 10.1. The fraction of sp³-hybridized carbons (Fsp3) is 0.400. The summed E-state index contributed by atoms with van der Waals surface area (Å²) in [6.07, 6.45) is 2.69. The number of hydrogen-bond donors (Lipinski definition) is 1. The average Bonchev–Trinajstić information content (AvgIpc) is 2.35. The predicted octanol–water partition coefficient (Wildman–Crippen LogP) is 4.12. The van der Waals surface area contributed by atoms with E-state index in [-0.39, 0.29) is 5.78 Å². The van der Waals surface area contributed by atoms with Gasteiger partial charge in [-0.05, 0) is 25.0 Å². The molecule has 96 valence electrons. The fourth-order valence-electron chi connectivity index (χ4n) is 2.17. The molecule has 3 heteroatoms. The fourth-order valence-corrected chi connectivity index (χ4v) is 3.20. The first kappa shape index (κ1) is 13.2. The highest BCUT2D eigenvalue weighted by Gasteiger charge is 2.22. The third-order valence-corrected chi connectivity index (χ3v) is 4.19. The summed E-state index contributed by atoms with van der Waals surface area (Å²) in [6.45, 7) is 2.10.